The standard InChI is InChI=1S/C12H27NP/c1-7-12(11(2)3)14(6)10-8-9-13(4)5/h11-12H,6-10H2,1-5H3/q+1. The Bertz CT molecular complexity index is 164. The molecule has 2 unspecified atom stereocenters. The van der Waals surface area contributed by atoms with Gasteiger partial charge in [0.05, 0.1) is 13.8 Å². The topological polar surface area (TPSA) is 3.24 Å². The van der Waals surface area contributed by atoms with Gasteiger partial charge in [-0.3, -0.25) is 0 Å². The minimum absolute atomic E-state index is 0.00913. The molecule has 14 heavy (non-hydrogen) atoms. The molecule has 0 aromatic rings. The molecule has 0 radical (unpaired) electrons. The van der Waals surface area contributed by atoms with Gasteiger partial charge < -0.3 is 4.90 Å². The van der Waals surface area contributed by atoms with E-state index in [1.807, 2.05) is 0 Å². The minimum atomic E-state index is 0.00913. The zero-order valence-corrected chi connectivity index (χ0v) is 11.5. The molecule has 1 nitrogen and oxygen atoms in total. The maximum atomic E-state index is 4.37. The molecule has 2 atom stereocenters. The van der Waals surface area contributed by atoms with E-state index >= 15 is 0 Å². The van der Waals surface area contributed by atoms with Crippen molar-refractivity contribution in [3.05, 3.63) is 0 Å². The Hall–Kier alpha value is 0.130. The summed E-state index contributed by atoms with van der Waals surface area (Å²) in [7, 11) is 4.30. The fourth-order valence-electron chi connectivity index (χ4n) is 1.91. The summed E-state index contributed by atoms with van der Waals surface area (Å²) in [6.07, 6.45) is 8.32. The average molecular weight is 216 g/mol. The van der Waals surface area contributed by atoms with Crippen molar-refractivity contribution in [2.75, 3.05) is 26.8 Å². The van der Waals surface area contributed by atoms with E-state index in [9.17, 15) is 0 Å². The molecule has 0 aromatic heterocycles. The Morgan fingerprint density at radius 3 is 2.21 bits per heavy atom. The second-order valence-electron chi connectivity index (χ2n) is 4.69. The molecule has 0 rings (SSSR count). The summed E-state index contributed by atoms with van der Waals surface area (Å²) in [5, 5.41) is 0. The van der Waals surface area contributed by atoms with Gasteiger partial charge in [-0.15, -0.1) is 0 Å². The lowest BCUT2D eigenvalue weighted by Crippen LogP contribution is -2.15. The lowest BCUT2D eigenvalue weighted by atomic mass is 10.1. The summed E-state index contributed by atoms with van der Waals surface area (Å²) in [5.41, 5.74) is 0.868. The van der Waals surface area contributed by atoms with Crippen LogP contribution in [0.5, 0.6) is 0 Å². The van der Waals surface area contributed by atoms with Crippen molar-refractivity contribution < 1.29 is 0 Å². The smallest absolute Gasteiger partial charge is 0.118 e. The first-order valence-corrected chi connectivity index (χ1v) is 7.49. The van der Waals surface area contributed by atoms with E-state index in [2.05, 4.69) is 46.1 Å². The number of nitrogens with zero attached hydrogens (tertiary/aromatic N) is 1. The molecular weight excluding hydrogens is 189 g/mol. The van der Waals surface area contributed by atoms with Crippen molar-refractivity contribution in [3.63, 3.8) is 0 Å². The summed E-state index contributed by atoms with van der Waals surface area (Å²) in [6.45, 7) is 8.18. The zero-order valence-electron chi connectivity index (χ0n) is 10.6. The Kier molecular flexibility index (Phi) is 7.49. The van der Waals surface area contributed by atoms with Gasteiger partial charge >= 0.3 is 0 Å². The van der Waals surface area contributed by atoms with Gasteiger partial charge in [0.1, 0.15) is 11.8 Å². The molecule has 0 heterocycles. The highest BCUT2D eigenvalue weighted by Crippen LogP contribution is 2.35. The highest BCUT2D eigenvalue weighted by Gasteiger charge is 2.23. The van der Waals surface area contributed by atoms with E-state index in [-0.39, 0.29) is 7.55 Å². The van der Waals surface area contributed by atoms with Crippen LogP contribution in [0.2, 0.25) is 0 Å². The first-order valence-electron chi connectivity index (χ1n) is 5.70. The van der Waals surface area contributed by atoms with E-state index in [1.54, 1.807) is 0 Å². The summed E-state index contributed by atoms with van der Waals surface area (Å²) in [5.74, 6) is 0.808. The fraction of sp³-hybridized carbons (Fsp3) is 0.917. The van der Waals surface area contributed by atoms with Crippen molar-refractivity contribution >= 4 is 13.8 Å². The Morgan fingerprint density at radius 1 is 1.29 bits per heavy atom. The monoisotopic (exact) mass is 216 g/mol. The normalized spacial score (nSPS) is 14.9. The summed E-state index contributed by atoms with van der Waals surface area (Å²) < 4.78 is 0. The van der Waals surface area contributed by atoms with Crippen LogP contribution in [0, 0.1) is 5.92 Å². The number of hydrogen-bond donors (Lipinski definition) is 0. The lowest BCUT2D eigenvalue weighted by molar-refractivity contribution is 0.409. The number of hydrogen-bond acceptors (Lipinski definition) is 1. The molecular formula is C12H27NP+. The Labute approximate surface area is 91.3 Å². The Morgan fingerprint density at radius 2 is 1.86 bits per heavy atom. The van der Waals surface area contributed by atoms with Crippen LogP contribution < -0.4 is 0 Å². The predicted molar refractivity (Wildman–Crippen MR) is 71.0 cm³/mol. The highest BCUT2D eigenvalue weighted by atomic mass is 31.1. The fourth-order valence-corrected chi connectivity index (χ4v) is 4.15. The van der Waals surface area contributed by atoms with Crippen LogP contribution in [0.4, 0.5) is 0 Å². The molecule has 0 saturated carbocycles. The van der Waals surface area contributed by atoms with Crippen molar-refractivity contribution in [1.29, 1.82) is 0 Å². The molecule has 0 aliphatic carbocycles. The molecule has 0 fully saturated rings. The van der Waals surface area contributed by atoms with E-state index in [4.69, 9.17) is 0 Å². The van der Waals surface area contributed by atoms with Gasteiger partial charge in [-0.25, -0.2) is 0 Å². The van der Waals surface area contributed by atoms with Crippen LogP contribution in [-0.4, -0.2) is 43.7 Å². The molecule has 0 aliphatic heterocycles. The van der Waals surface area contributed by atoms with Crippen LogP contribution >= 0.6 is 7.55 Å². The van der Waals surface area contributed by atoms with Gasteiger partial charge in [0.2, 0.25) is 0 Å². The SMILES string of the molecule is C=[P+](CCCN(C)C)C(CC)C(C)C. The summed E-state index contributed by atoms with van der Waals surface area (Å²) in [4.78, 5) is 2.26. The zero-order chi connectivity index (χ0) is 11.1. The van der Waals surface area contributed by atoms with Crippen molar-refractivity contribution in [2.45, 2.75) is 39.3 Å². The van der Waals surface area contributed by atoms with Crippen molar-refractivity contribution in [3.8, 4) is 0 Å². The van der Waals surface area contributed by atoms with Crippen LogP contribution in [0.15, 0.2) is 0 Å². The second-order valence-corrected chi connectivity index (χ2v) is 6.98. The van der Waals surface area contributed by atoms with E-state index < -0.39 is 0 Å². The van der Waals surface area contributed by atoms with Crippen LogP contribution in [0.3, 0.4) is 0 Å². The van der Waals surface area contributed by atoms with Crippen LogP contribution in [0.1, 0.15) is 33.6 Å². The van der Waals surface area contributed by atoms with Gasteiger partial charge in [-0.05, 0) is 26.4 Å². The molecule has 0 aromatic carbocycles. The van der Waals surface area contributed by atoms with Crippen molar-refractivity contribution in [2.24, 2.45) is 5.92 Å². The van der Waals surface area contributed by atoms with Crippen LogP contribution in [0.25, 0.3) is 0 Å². The van der Waals surface area contributed by atoms with Gasteiger partial charge in [-0.2, -0.15) is 0 Å². The van der Waals surface area contributed by atoms with Crippen molar-refractivity contribution in [1.82, 2.24) is 4.90 Å². The third-order valence-corrected chi connectivity index (χ3v) is 5.50. The molecule has 0 bridgehead atoms. The third-order valence-electron chi connectivity index (χ3n) is 2.71. The molecule has 0 aliphatic rings. The van der Waals surface area contributed by atoms with Gasteiger partial charge in [-0.1, -0.05) is 20.8 Å². The van der Waals surface area contributed by atoms with E-state index in [0.29, 0.717) is 0 Å². The van der Waals surface area contributed by atoms with E-state index in [0.717, 1.165) is 11.6 Å². The minimum Gasteiger partial charge on any atom is -0.309 e. The van der Waals surface area contributed by atoms with Crippen LogP contribution in [-0.2, 0) is 0 Å². The van der Waals surface area contributed by atoms with Gasteiger partial charge in [0.15, 0.2) is 0 Å². The highest BCUT2D eigenvalue weighted by molar-refractivity contribution is 7.56. The van der Waals surface area contributed by atoms with Gasteiger partial charge in [0.25, 0.3) is 0 Å². The Balaban J connectivity index is 3.81. The maximum Gasteiger partial charge on any atom is 0.118 e. The second kappa shape index (κ2) is 7.43. The molecule has 2 heteroatoms. The van der Waals surface area contributed by atoms with E-state index in [1.165, 1.54) is 25.5 Å². The molecule has 0 spiro atoms. The first-order chi connectivity index (χ1) is 6.49. The summed E-state index contributed by atoms with van der Waals surface area (Å²) in [6, 6.07) is 0. The van der Waals surface area contributed by atoms with Gasteiger partial charge in [0, 0.05) is 13.0 Å². The average Bonchev–Trinajstić information content (AvgIpc) is 2.03. The largest absolute Gasteiger partial charge is 0.309 e. The molecule has 0 amide bonds. The first kappa shape index (κ1) is 14.1. The maximum absolute atomic E-state index is 4.37. The summed E-state index contributed by atoms with van der Waals surface area (Å²) >= 11 is 0. The molecule has 84 valence electrons. The quantitative estimate of drug-likeness (QED) is 0.590. The predicted octanol–water partition coefficient (Wildman–Crippen LogP) is 3.29. The molecule has 0 N–H and O–H groups in total. The third kappa shape index (κ3) is 5.78. The molecule has 0 saturated heterocycles. The lowest BCUT2D eigenvalue weighted by Gasteiger charge is -2.13. The number of rotatable bonds is 7.